The second-order valence-electron chi connectivity index (χ2n) is 9.79. The van der Waals surface area contributed by atoms with Crippen LogP contribution in [0.4, 0.5) is 5.69 Å². The van der Waals surface area contributed by atoms with E-state index in [-0.39, 0.29) is 29.1 Å². The van der Waals surface area contributed by atoms with Crippen LogP contribution in [-0.2, 0) is 18.3 Å². The molecular weight excluding hydrogens is 462 g/mol. The number of carbonyl (C=O) groups is 3. The molecule has 1 aromatic carbocycles. The van der Waals surface area contributed by atoms with Gasteiger partial charge in [-0.15, -0.1) is 0 Å². The lowest BCUT2D eigenvalue weighted by Gasteiger charge is -2.26. The highest BCUT2D eigenvalue weighted by Crippen LogP contribution is 2.33. The quantitative estimate of drug-likeness (QED) is 0.393. The van der Waals surface area contributed by atoms with Crippen LogP contribution >= 0.6 is 0 Å². The second kappa shape index (κ2) is 9.60. The fourth-order valence-electron chi connectivity index (χ4n) is 5.52. The van der Waals surface area contributed by atoms with Gasteiger partial charge in [0.05, 0.1) is 23.2 Å². The van der Waals surface area contributed by atoms with Crippen LogP contribution in [0.5, 0.6) is 0 Å². The molecule has 2 aliphatic carbocycles. The molecule has 1 fully saturated rings. The summed E-state index contributed by atoms with van der Waals surface area (Å²) < 4.78 is 1.84. The van der Waals surface area contributed by atoms with Crippen molar-refractivity contribution >= 4 is 34.6 Å². The lowest BCUT2D eigenvalue weighted by molar-refractivity contribution is -0.143. The largest absolute Gasteiger partial charge is 0.481 e. The monoisotopic (exact) mass is 491 g/mol. The predicted octanol–water partition coefficient (Wildman–Crippen LogP) is 3.39. The third-order valence-corrected chi connectivity index (χ3v) is 7.52. The van der Waals surface area contributed by atoms with Gasteiger partial charge in [0.15, 0.2) is 5.69 Å². The first-order valence-electron chi connectivity index (χ1n) is 12.3. The summed E-state index contributed by atoms with van der Waals surface area (Å²) in [5.41, 5.74) is 4.52. The maximum atomic E-state index is 13.3. The van der Waals surface area contributed by atoms with Gasteiger partial charge in [-0.05, 0) is 67.7 Å². The molecule has 10 heteroatoms. The predicted molar refractivity (Wildman–Crippen MR) is 132 cm³/mol. The summed E-state index contributed by atoms with van der Waals surface area (Å²) in [6.07, 6.45) is 7.83. The molecule has 0 radical (unpaired) electrons. The van der Waals surface area contributed by atoms with Crippen molar-refractivity contribution in [3.05, 3.63) is 53.1 Å². The number of fused-ring (bicyclic) bond motifs is 2. The van der Waals surface area contributed by atoms with E-state index < -0.39 is 11.9 Å². The molecule has 2 aromatic heterocycles. The zero-order chi connectivity index (χ0) is 25.4. The molecular formula is C26H29N5O5. The minimum atomic E-state index is -0.963. The first-order valence-corrected chi connectivity index (χ1v) is 12.3. The number of carboxylic acid groups (broad SMARTS) is 2. The number of aliphatic carboxylic acids is 1. The molecule has 188 valence electrons. The van der Waals surface area contributed by atoms with Gasteiger partial charge in [0, 0.05) is 19.8 Å². The lowest BCUT2D eigenvalue weighted by Crippen LogP contribution is -2.28. The highest BCUT2D eigenvalue weighted by Gasteiger charge is 2.28. The number of aromatic nitrogens is 3. The molecule has 2 heterocycles. The maximum absolute atomic E-state index is 13.3. The smallest absolute Gasteiger partial charge is 0.335 e. The summed E-state index contributed by atoms with van der Waals surface area (Å²) >= 11 is 0. The Hall–Kier alpha value is -3.95. The molecule has 0 spiro atoms. The third kappa shape index (κ3) is 4.50. The normalized spacial score (nSPS) is 21.2. The Morgan fingerprint density at radius 1 is 1.08 bits per heavy atom. The first kappa shape index (κ1) is 23.8. The number of nitrogens with zero attached hydrogens (tertiary/aromatic N) is 3. The van der Waals surface area contributed by atoms with Gasteiger partial charge in [-0.1, -0.05) is 6.07 Å². The SMILES string of the molecule is Cn1cc(NCC2CCC(C(=O)O)CC2)c2ncnc(C(=O)N[C@H]3CCc4cc(C(=O)O)ccc43)c21. The summed E-state index contributed by atoms with van der Waals surface area (Å²) in [6, 6.07) is 4.81. The highest BCUT2D eigenvalue weighted by molar-refractivity contribution is 6.06. The number of carboxylic acids is 2. The Balaban J connectivity index is 1.30. The Kier molecular flexibility index (Phi) is 6.34. The number of rotatable bonds is 7. The topological polar surface area (TPSA) is 146 Å². The van der Waals surface area contributed by atoms with Gasteiger partial charge in [0.2, 0.25) is 0 Å². The molecule has 1 amide bonds. The van der Waals surface area contributed by atoms with E-state index in [0.29, 0.717) is 49.2 Å². The van der Waals surface area contributed by atoms with Gasteiger partial charge in [-0.25, -0.2) is 14.8 Å². The molecule has 0 bridgehead atoms. The number of hydrogen-bond donors (Lipinski definition) is 4. The number of benzene rings is 1. The Morgan fingerprint density at radius 3 is 2.58 bits per heavy atom. The van der Waals surface area contributed by atoms with Crippen molar-refractivity contribution in [1.82, 2.24) is 19.9 Å². The van der Waals surface area contributed by atoms with E-state index >= 15 is 0 Å². The van der Waals surface area contributed by atoms with Crippen molar-refractivity contribution in [2.24, 2.45) is 18.9 Å². The van der Waals surface area contributed by atoms with Gasteiger partial charge in [0.1, 0.15) is 17.4 Å². The van der Waals surface area contributed by atoms with Gasteiger partial charge >= 0.3 is 11.9 Å². The van der Waals surface area contributed by atoms with Crippen molar-refractivity contribution in [2.45, 2.75) is 44.6 Å². The number of anilines is 1. The maximum Gasteiger partial charge on any atom is 0.335 e. The minimum Gasteiger partial charge on any atom is -0.481 e. The van der Waals surface area contributed by atoms with Crippen molar-refractivity contribution in [3.8, 4) is 0 Å². The van der Waals surface area contributed by atoms with Crippen LogP contribution in [0.2, 0.25) is 0 Å². The molecule has 1 atom stereocenters. The lowest BCUT2D eigenvalue weighted by atomic mass is 9.82. The highest BCUT2D eigenvalue weighted by atomic mass is 16.4. The Labute approximate surface area is 207 Å². The van der Waals surface area contributed by atoms with E-state index in [2.05, 4.69) is 20.6 Å². The number of aromatic carboxylic acids is 1. The van der Waals surface area contributed by atoms with E-state index in [1.807, 2.05) is 17.8 Å². The summed E-state index contributed by atoms with van der Waals surface area (Å²) in [5.74, 6) is -1.82. The van der Waals surface area contributed by atoms with Crippen molar-refractivity contribution < 1.29 is 24.6 Å². The van der Waals surface area contributed by atoms with Gasteiger partial charge in [-0.2, -0.15) is 0 Å². The van der Waals surface area contributed by atoms with E-state index in [4.69, 9.17) is 0 Å². The van der Waals surface area contributed by atoms with Crippen LogP contribution in [0.3, 0.4) is 0 Å². The van der Waals surface area contributed by atoms with E-state index in [1.54, 1.807) is 18.2 Å². The molecule has 10 nitrogen and oxygen atoms in total. The molecule has 3 aromatic rings. The first-order chi connectivity index (χ1) is 17.3. The molecule has 1 saturated carbocycles. The fraction of sp³-hybridized carbons (Fsp3) is 0.423. The Morgan fingerprint density at radius 2 is 1.86 bits per heavy atom. The molecule has 0 unspecified atom stereocenters. The van der Waals surface area contributed by atoms with E-state index in [0.717, 1.165) is 29.7 Å². The van der Waals surface area contributed by atoms with Crippen LogP contribution in [0.1, 0.15) is 70.1 Å². The summed E-state index contributed by atoms with van der Waals surface area (Å²) in [4.78, 5) is 44.5. The number of carbonyl (C=O) groups excluding carboxylic acids is 1. The summed E-state index contributed by atoms with van der Waals surface area (Å²) in [6.45, 7) is 0.716. The zero-order valence-electron chi connectivity index (χ0n) is 20.0. The molecule has 0 saturated heterocycles. The standard InChI is InChI=1S/C26H29N5O5/c1-31-12-20(27-11-14-2-4-15(5-3-14)25(33)34)21-23(31)22(29-13-28-21)24(32)30-19-9-7-16-10-17(26(35)36)6-8-18(16)19/h6,8,10,12-15,19,27H,2-5,7,9,11H2,1H3,(H,30,32)(H,33,34)(H,35,36)/t14?,15?,19-/m0/s1. The van der Waals surface area contributed by atoms with Crippen LogP contribution in [-0.4, -0.2) is 49.1 Å². The Bertz CT molecular complexity index is 1340. The van der Waals surface area contributed by atoms with Crippen LogP contribution in [0.15, 0.2) is 30.7 Å². The fourth-order valence-corrected chi connectivity index (χ4v) is 5.52. The number of nitrogens with one attached hydrogen (secondary N) is 2. The zero-order valence-corrected chi connectivity index (χ0v) is 20.0. The third-order valence-electron chi connectivity index (χ3n) is 7.52. The van der Waals surface area contributed by atoms with Gasteiger partial charge < -0.3 is 25.4 Å². The number of amides is 1. The van der Waals surface area contributed by atoms with Crippen molar-refractivity contribution in [2.75, 3.05) is 11.9 Å². The van der Waals surface area contributed by atoms with E-state index in [9.17, 15) is 24.6 Å². The average molecular weight is 492 g/mol. The second-order valence-corrected chi connectivity index (χ2v) is 9.79. The van der Waals surface area contributed by atoms with Gasteiger partial charge in [0.25, 0.3) is 5.91 Å². The van der Waals surface area contributed by atoms with Crippen LogP contribution < -0.4 is 10.6 Å². The summed E-state index contributed by atoms with van der Waals surface area (Å²) in [7, 11) is 1.85. The summed E-state index contributed by atoms with van der Waals surface area (Å²) in [5, 5.41) is 25.0. The molecule has 36 heavy (non-hydrogen) atoms. The molecule has 4 N–H and O–H groups in total. The number of aryl methyl sites for hydroxylation is 2. The van der Waals surface area contributed by atoms with Crippen molar-refractivity contribution in [1.29, 1.82) is 0 Å². The van der Waals surface area contributed by atoms with Crippen molar-refractivity contribution in [3.63, 3.8) is 0 Å². The van der Waals surface area contributed by atoms with Crippen LogP contribution in [0.25, 0.3) is 11.0 Å². The average Bonchev–Trinajstić information content (AvgIpc) is 3.42. The molecule has 2 aliphatic rings. The van der Waals surface area contributed by atoms with Crippen LogP contribution in [0, 0.1) is 11.8 Å². The minimum absolute atomic E-state index is 0.209. The van der Waals surface area contributed by atoms with E-state index in [1.165, 1.54) is 6.33 Å². The molecule has 5 rings (SSSR count). The molecule has 0 aliphatic heterocycles. The van der Waals surface area contributed by atoms with Gasteiger partial charge in [-0.3, -0.25) is 9.59 Å². The number of hydrogen-bond acceptors (Lipinski definition) is 6.